The summed E-state index contributed by atoms with van der Waals surface area (Å²) in [5.74, 6) is 1.09. The molecule has 1 aliphatic rings. The van der Waals surface area contributed by atoms with Crippen LogP contribution < -0.4 is 4.74 Å². The fourth-order valence-corrected chi connectivity index (χ4v) is 1.67. The van der Waals surface area contributed by atoms with Gasteiger partial charge >= 0.3 is 0 Å². The van der Waals surface area contributed by atoms with Crippen molar-refractivity contribution < 1.29 is 14.6 Å². The van der Waals surface area contributed by atoms with Crippen molar-refractivity contribution in [1.29, 1.82) is 0 Å². The molecule has 3 nitrogen and oxygen atoms in total. The summed E-state index contributed by atoms with van der Waals surface area (Å²) in [6.45, 7) is 1.93. The van der Waals surface area contributed by atoms with E-state index in [0.29, 0.717) is 6.10 Å². The Morgan fingerprint density at radius 2 is 2.20 bits per heavy atom. The molecule has 1 aromatic rings. The van der Waals surface area contributed by atoms with E-state index in [9.17, 15) is 0 Å². The molecule has 1 atom stereocenters. The minimum atomic E-state index is -0.250. The highest BCUT2D eigenvalue weighted by molar-refractivity contribution is 5.35. The Morgan fingerprint density at radius 1 is 1.53 bits per heavy atom. The number of hydrogen-bond donors (Lipinski definition) is 1. The summed E-state index contributed by atoms with van der Waals surface area (Å²) in [7, 11) is 0. The summed E-state index contributed by atoms with van der Waals surface area (Å²) in [6, 6.07) is 8.34. The third-order valence-electron chi connectivity index (χ3n) is 2.46. The first kappa shape index (κ1) is 11.6. The SMILES string of the molecule is CCC1CCc2ccccc2O1.O=CO. The largest absolute Gasteiger partial charge is 0.490 e. The Hall–Kier alpha value is -1.51. The number of rotatable bonds is 1. The van der Waals surface area contributed by atoms with Crippen LogP contribution in [0.2, 0.25) is 0 Å². The Morgan fingerprint density at radius 3 is 2.87 bits per heavy atom. The Balaban J connectivity index is 0.000000337. The van der Waals surface area contributed by atoms with E-state index in [2.05, 4.69) is 25.1 Å². The Kier molecular flexibility index (Phi) is 4.68. The highest BCUT2D eigenvalue weighted by Gasteiger charge is 2.16. The smallest absolute Gasteiger partial charge is 0.290 e. The van der Waals surface area contributed by atoms with E-state index in [1.165, 1.54) is 18.4 Å². The molecule has 1 N–H and O–H groups in total. The molecule has 0 saturated carbocycles. The molecule has 0 saturated heterocycles. The lowest BCUT2D eigenvalue weighted by Crippen LogP contribution is -2.21. The van der Waals surface area contributed by atoms with Gasteiger partial charge in [0, 0.05) is 0 Å². The van der Waals surface area contributed by atoms with Gasteiger partial charge < -0.3 is 9.84 Å². The summed E-state index contributed by atoms with van der Waals surface area (Å²) in [6.07, 6.45) is 3.91. The van der Waals surface area contributed by atoms with Crippen molar-refractivity contribution in [2.45, 2.75) is 32.3 Å². The predicted molar refractivity (Wildman–Crippen MR) is 58.2 cm³/mol. The van der Waals surface area contributed by atoms with Crippen LogP contribution in [0.4, 0.5) is 0 Å². The van der Waals surface area contributed by atoms with Crippen molar-refractivity contribution in [2.75, 3.05) is 0 Å². The van der Waals surface area contributed by atoms with E-state index in [1.807, 2.05) is 6.07 Å². The lowest BCUT2D eigenvalue weighted by molar-refractivity contribution is -0.122. The van der Waals surface area contributed by atoms with Crippen LogP contribution in [0, 0.1) is 0 Å². The minimum Gasteiger partial charge on any atom is -0.490 e. The molecule has 0 bridgehead atoms. The second kappa shape index (κ2) is 6.06. The van der Waals surface area contributed by atoms with Crippen LogP contribution in [0.5, 0.6) is 5.75 Å². The third-order valence-corrected chi connectivity index (χ3v) is 2.46. The van der Waals surface area contributed by atoms with Crippen LogP contribution in [0.25, 0.3) is 0 Å². The molecule has 1 unspecified atom stereocenters. The van der Waals surface area contributed by atoms with E-state index in [4.69, 9.17) is 14.6 Å². The number of benzene rings is 1. The van der Waals surface area contributed by atoms with Gasteiger partial charge in [0.1, 0.15) is 5.75 Å². The fourth-order valence-electron chi connectivity index (χ4n) is 1.67. The van der Waals surface area contributed by atoms with Crippen LogP contribution in [-0.4, -0.2) is 17.7 Å². The normalized spacial score (nSPS) is 17.8. The van der Waals surface area contributed by atoms with Crippen molar-refractivity contribution in [3.8, 4) is 5.75 Å². The van der Waals surface area contributed by atoms with Gasteiger partial charge in [-0.3, -0.25) is 4.79 Å². The van der Waals surface area contributed by atoms with Gasteiger partial charge in [0.15, 0.2) is 0 Å². The van der Waals surface area contributed by atoms with Crippen LogP contribution in [-0.2, 0) is 11.2 Å². The first-order valence-electron chi connectivity index (χ1n) is 5.14. The molecule has 3 heteroatoms. The van der Waals surface area contributed by atoms with Gasteiger partial charge in [-0.1, -0.05) is 25.1 Å². The summed E-state index contributed by atoms with van der Waals surface area (Å²) < 4.78 is 5.78. The van der Waals surface area contributed by atoms with E-state index in [-0.39, 0.29) is 6.47 Å². The van der Waals surface area contributed by atoms with Crippen molar-refractivity contribution in [2.24, 2.45) is 0 Å². The number of fused-ring (bicyclic) bond motifs is 1. The molecular weight excluding hydrogens is 192 g/mol. The standard InChI is InChI=1S/C11H14O.CH2O2/c1-2-10-8-7-9-5-3-4-6-11(9)12-10;2-1-3/h3-6,10H,2,7-8H2,1H3;1H,(H,2,3). The fraction of sp³-hybridized carbons (Fsp3) is 0.417. The average molecular weight is 208 g/mol. The highest BCUT2D eigenvalue weighted by atomic mass is 16.5. The van der Waals surface area contributed by atoms with Crippen molar-refractivity contribution in [3.63, 3.8) is 0 Å². The number of aryl methyl sites for hydroxylation is 1. The van der Waals surface area contributed by atoms with Crippen molar-refractivity contribution >= 4 is 6.47 Å². The summed E-state index contributed by atoms with van der Waals surface area (Å²) in [5.41, 5.74) is 1.36. The molecule has 0 amide bonds. The molecule has 0 radical (unpaired) electrons. The molecule has 15 heavy (non-hydrogen) atoms. The van der Waals surface area contributed by atoms with Crippen LogP contribution in [0.1, 0.15) is 25.3 Å². The second-order valence-corrected chi connectivity index (χ2v) is 3.40. The molecule has 1 aromatic carbocycles. The summed E-state index contributed by atoms with van der Waals surface area (Å²) in [5, 5.41) is 6.89. The van der Waals surface area contributed by atoms with Crippen LogP contribution in [0.15, 0.2) is 24.3 Å². The topological polar surface area (TPSA) is 46.5 Å². The van der Waals surface area contributed by atoms with E-state index in [1.54, 1.807) is 0 Å². The number of carboxylic acid groups (broad SMARTS) is 1. The first-order chi connectivity index (χ1) is 7.31. The molecule has 1 heterocycles. The number of ether oxygens (including phenoxy) is 1. The molecule has 0 aromatic heterocycles. The van der Waals surface area contributed by atoms with Gasteiger partial charge in [0.05, 0.1) is 6.10 Å². The predicted octanol–water partition coefficient (Wildman–Crippen LogP) is 2.49. The highest BCUT2D eigenvalue weighted by Crippen LogP contribution is 2.27. The van der Waals surface area contributed by atoms with Gasteiger partial charge in [-0.15, -0.1) is 0 Å². The zero-order valence-corrected chi connectivity index (χ0v) is 8.85. The quantitative estimate of drug-likeness (QED) is 0.721. The monoisotopic (exact) mass is 208 g/mol. The van der Waals surface area contributed by atoms with Gasteiger partial charge in [0.25, 0.3) is 6.47 Å². The molecular formula is C12H16O3. The molecule has 82 valence electrons. The van der Waals surface area contributed by atoms with Crippen LogP contribution in [0.3, 0.4) is 0 Å². The average Bonchev–Trinajstić information content (AvgIpc) is 2.29. The number of para-hydroxylation sites is 1. The summed E-state index contributed by atoms with van der Waals surface area (Å²) in [4.78, 5) is 8.36. The molecule has 2 rings (SSSR count). The van der Waals surface area contributed by atoms with E-state index < -0.39 is 0 Å². The molecule has 0 aliphatic carbocycles. The van der Waals surface area contributed by atoms with Gasteiger partial charge in [-0.2, -0.15) is 0 Å². The first-order valence-corrected chi connectivity index (χ1v) is 5.14. The number of hydrogen-bond acceptors (Lipinski definition) is 2. The van der Waals surface area contributed by atoms with Crippen LogP contribution >= 0.6 is 0 Å². The molecule has 1 aliphatic heterocycles. The lowest BCUT2D eigenvalue weighted by Gasteiger charge is -2.24. The maximum Gasteiger partial charge on any atom is 0.290 e. The maximum atomic E-state index is 8.36. The van der Waals surface area contributed by atoms with Gasteiger partial charge in [0.2, 0.25) is 0 Å². The molecule has 0 spiro atoms. The third kappa shape index (κ3) is 3.27. The maximum absolute atomic E-state index is 8.36. The Labute approximate surface area is 89.7 Å². The minimum absolute atomic E-state index is 0.250. The van der Waals surface area contributed by atoms with Gasteiger partial charge in [-0.05, 0) is 30.9 Å². The lowest BCUT2D eigenvalue weighted by atomic mass is 10.0. The zero-order valence-electron chi connectivity index (χ0n) is 8.85. The van der Waals surface area contributed by atoms with E-state index in [0.717, 1.165) is 12.2 Å². The molecule has 0 fully saturated rings. The number of carbonyl (C=O) groups is 1. The zero-order chi connectivity index (χ0) is 11.1. The van der Waals surface area contributed by atoms with Crippen molar-refractivity contribution in [3.05, 3.63) is 29.8 Å². The Bertz CT molecular complexity index is 309. The van der Waals surface area contributed by atoms with E-state index >= 15 is 0 Å². The summed E-state index contributed by atoms with van der Waals surface area (Å²) >= 11 is 0. The second-order valence-electron chi connectivity index (χ2n) is 3.40. The van der Waals surface area contributed by atoms with Crippen molar-refractivity contribution in [1.82, 2.24) is 0 Å². The van der Waals surface area contributed by atoms with Gasteiger partial charge in [-0.25, -0.2) is 0 Å².